The van der Waals surface area contributed by atoms with Crippen molar-refractivity contribution in [3.05, 3.63) is 65.4 Å². The van der Waals surface area contributed by atoms with Crippen molar-refractivity contribution in [2.24, 2.45) is 5.73 Å². The van der Waals surface area contributed by atoms with Crippen molar-refractivity contribution in [2.75, 3.05) is 27.2 Å². The van der Waals surface area contributed by atoms with Crippen LogP contribution in [-0.4, -0.2) is 42.1 Å². The molecule has 6 heteroatoms. The van der Waals surface area contributed by atoms with Gasteiger partial charge in [-0.05, 0) is 38.2 Å². The molecule has 0 aliphatic rings. The number of benzene rings is 2. The van der Waals surface area contributed by atoms with Gasteiger partial charge in [0.25, 0.3) is 0 Å². The minimum Gasteiger partial charge on any atom is -0.492 e. The van der Waals surface area contributed by atoms with E-state index in [-0.39, 0.29) is 0 Å². The zero-order chi connectivity index (χ0) is 19.9. The van der Waals surface area contributed by atoms with Crippen molar-refractivity contribution < 1.29 is 4.74 Å². The maximum absolute atomic E-state index is 6.33. The van der Waals surface area contributed by atoms with E-state index in [1.807, 2.05) is 56.6 Å². The van der Waals surface area contributed by atoms with E-state index in [0.29, 0.717) is 23.9 Å². The summed E-state index contributed by atoms with van der Waals surface area (Å²) in [4.78, 5) is 11.1. The molecule has 0 aliphatic carbocycles. The third-order valence-electron chi connectivity index (χ3n) is 4.36. The van der Waals surface area contributed by atoms with Crippen LogP contribution in [-0.2, 0) is 6.54 Å². The number of rotatable bonds is 8. The molecule has 0 aliphatic heterocycles. The van der Waals surface area contributed by atoms with Crippen LogP contribution in [0.25, 0.3) is 22.5 Å². The Morgan fingerprint density at radius 1 is 1.14 bits per heavy atom. The fourth-order valence-electron chi connectivity index (χ4n) is 2.95. The van der Waals surface area contributed by atoms with Crippen LogP contribution in [0.3, 0.4) is 0 Å². The Morgan fingerprint density at radius 2 is 1.96 bits per heavy atom. The Bertz CT molecular complexity index is 930. The zero-order valence-corrected chi connectivity index (χ0v) is 16.9. The first kappa shape index (κ1) is 20.3. The van der Waals surface area contributed by atoms with E-state index in [0.717, 1.165) is 41.0 Å². The van der Waals surface area contributed by atoms with Gasteiger partial charge in [-0.1, -0.05) is 41.9 Å². The minimum absolute atomic E-state index is 0.427. The average Bonchev–Trinajstić information content (AvgIpc) is 2.72. The fraction of sp³-hybridized carbons (Fsp3) is 0.273. The highest BCUT2D eigenvalue weighted by molar-refractivity contribution is 6.32. The molecule has 5 nitrogen and oxygen atoms in total. The largest absolute Gasteiger partial charge is 0.492 e. The molecule has 1 aromatic heterocycles. The Labute approximate surface area is 171 Å². The van der Waals surface area contributed by atoms with Crippen molar-refractivity contribution in [2.45, 2.75) is 13.0 Å². The fourth-order valence-corrected chi connectivity index (χ4v) is 3.12. The number of hydrogen-bond donors (Lipinski definition) is 1. The molecule has 2 aromatic carbocycles. The van der Waals surface area contributed by atoms with Gasteiger partial charge in [0, 0.05) is 24.2 Å². The summed E-state index contributed by atoms with van der Waals surface area (Å²) in [5.41, 5.74) is 10.2. The van der Waals surface area contributed by atoms with E-state index in [1.54, 1.807) is 6.20 Å². The van der Waals surface area contributed by atoms with E-state index < -0.39 is 0 Å². The van der Waals surface area contributed by atoms with Crippen LogP contribution in [0.4, 0.5) is 0 Å². The molecule has 0 unspecified atom stereocenters. The van der Waals surface area contributed by atoms with E-state index >= 15 is 0 Å². The van der Waals surface area contributed by atoms with Gasteiger partial charge >= 0.3 is 0 Å². The SMILES string of the molecule is CN(C)CCCOc1cc(-c2n[c]cnc2-c2ccccc2CN)ccc1Cl. The van der Waals surface area contributed by atoms with E-state index in [1.165, 1.54) is 0 Å². The van der Waals surface area contributed by atoms with Gasteiger partial charge < -0.3 is 15.4 Å². The number of ether oxygens (including phenoxy) is 1. The highest BCUT2D eigenvalue weighted by atomic mass is 35.5. The molecule has 0 bridgehead atoms. The molecule has 0 saturated heterocycles. The lowest BCUT2D eigenvalue weighted by Crippen LogP contribution is -2.15. The third-order valence-corrected chi connectivity index (χ3v) is 4.67. The molecule has 0 saturated carbocycles. The smallest absolute Gasteiger partial charge is 0.138 e. The van der Waals surface area contributed by atoms with Gasteiger partial charge in [-0.15, -0.1) is 0 Å². The summed E-state index contributed by atoms with van der Waals surface area (Å²) < 4.78 is 5.90. The Kier molecular flexibility index (Phi) is 6.98. The van der Waals surface area contributed by atoms with Crippen molar-refractivity contribution in [1.29, 1.82) is 0 Å². The summed E-state index contributed by atoms with van der Waals surface area (Å²) in [5.74, 6) is 0.640. The molecule has 0 fully saturated rings. The van der Waals surface area contributed by atoms with Crippen LogP contribution in [0.15, 0.2) is 48.7 Å². The van der Waals surface area contributed by atoms with Crippen LogP contribution >= 0.6 is 11.6 Å². The van der Waals surface area contributed by atoms with E-state index in [9.17, 15) is 0 Å². The first-order valence-corrected chi connectivity index (χ1v) is 9.57. The molecular formula is C22H24ClN4O. The van der Waals surface area contributed by atoms with Gasteiger partial charge in [0.05, 0.1) is 29.2 Å². The Balaban J connectivity index is 1.93. The summed E-state index contributed by atoms with van der Waals surface area (Å²) >= 11 is 6.33. The van der Waals surface area contributed by atoms with Gasteiger partial charge in [-0.2, -0.15) is 0 Å². The Morgan fingerprint density at radius 3 is 2.75 bits per heavy atom. The van der Waals surface area contributed by atoms with E-state index in [4.69, 9.17) is 22.1 Å². The van der Waals surface area contributed by atoms with Crippen LogP contribution in [0.1, 0.15) is 12.0 Å². The van der Waals surface area contributed by atoms with Gasteiger partial charge in [-0.25, -0.2) is 4.98 Å². The molecule has 145 valence electrons. The van der Waals surface area contributed by atoms with Gasteiger partial charge in [0.1, 0.15) is 11.9 Å². The second kappa shape index (κ2) is 9.64. The molecule has 0 atom stereocenters. The second-order valence-corrected chi connectivity index (χ2v) is 7.12. The van der Waals surface area contributed by atoms with Crippen molar-refractivity contribution in [3.63, 3.8) is 0 Å². The van der Waals surface area contributed by atoms with Gasteiger partial charge in [-0.3, -0.25) is 4.98 Å². The number of nitrogens with zero attached hydrogens (tertiary/aromatic N) is 3. The maximum atomic E-state index is 6.33. The highest BCUT2D eigenvalue weighted by Gasteiger charge is 2.15. The molecule has 2 N–H and O–H groups in total. The molecule has 0 spiro atoms. The summed E-state index contributed by atoms with van der Waals surface area (Å²) in [6.07, 6.45) is 5.32. The molecular weight excluding hydrogens is 372 g/mol. The number of aromatic nitrogens is 2. The summed E-state index contributed by atoms with van der Waals surface area (Å²) in [6.45, 7) is 1.98. The van der Waals surface area contributed by atoms with Crippen molar-refractivity contribution in [3.8, 4) is 28.3 Å². The lowest BCUT2D eigenvalue weighted by molar-refractivity contribution is 0.282. The van der Waals surface area contributed by atoms with E-state index in [2.05, 4.69) is 21.1 Å². The van der Waals surface area contributed by atoms with Gasteiger partial charge in [0.2, 0.25) is 0 Å². The molecule has 3 aromatic rings. The standard InChI is InChI=1S/C22H24ClN4O/c1-27(2)12-5-13-28-20-14-16(8-9-19(20)23)21-22(26-11-10-25-21)18-7-4-3-6-17(18)15-24/h3-4,6-9,11,14H,5,12-13,15,24H2,1-2H3. The highest BCUT2D eigenvalue weighted by Crippen LogP contribution is 2.34. The summed E-state index contributed by atoms with van der Waals surface area (Å²) in [5, 5.41) is 0.574. The zero-order valence-electron chi connectivity index (χ0n) is 16.2. The van der Waals surface area contributed by atoms with Crippen molar-refractivity contribution >= 4 is 11.6 Å². The number of hydrogen-bond acceptors (Lipinski definition) is 5. The predicted octanol–water partition coefficient (Wildman–Crippen LogP) is 4.05. The molecule has 1 heterocycles. The monoisotopic (exact) mass is 395 g/mol. The van der Waals surface area contributed by atoms with Gasteiger partial charge in [0.15, 0.2) is 0 Å². The Hall–Kier alpha value is -2.47. The molecule has 28 heavy (non-hydrogen) atoms. The van der Waals surface area contributed by atoms with Crippen molar-refractivity contribution in [1.82, 2.24) is 14.9 Å². The first-order valence-electron chi connectivity index (χ1n) is 9.19. The lowest BCUT2D eigenvalue weighted by atomic mass is 9.99. The molecule has 3 rings (SSSR count). The van der Waals surface area contributed by atoms with Crippen LogP contribution in [0.5, 0.6) is 5.75 Å². The van der Waals surface area contributed by atoms with Crippen LogP contribution in [0, 0.1) is 6.20 Å². The first-order chi connectivity index (χ1) is 13.6. The second-order valence-electron chi connectivity index (χ2n) is 6.71. The third kappa shape index (κ3) is 4.87. The number of halogens is 1. The molecule has 0 amide bonds. The average molecular weight is 396 g/mol. The molecule has 1 radical (unpaired) electrons. The summed E-state index contributed by atoms with van der Waals surface area (Å²) in [6, 6.07) is 13.6. The predicted molar refractivity (Wildman–Crippen MR) is 113 cm³/mol. The normalized spacial score (nSPS) is 11.0. The van der Waals surface area contributed by atoms with Crippen LogP contribution < -0.4 is 10.5 Å². The number of nitrogens with two attached hydrogens (primary N) is 1. The summed E-state index contributed by atoms with van der Waals surface area (Å²) in [7, 11) is 4.08. The van der Waals surface area contributed by atoms with Crippen LogP contribution in [0.2, 0.25) is 5.02 Å². The topological polar surface area (TPSA) is 64.3 Å². The quantitative estimate of drug-likeness (QED) is 0.583. The maximum Gasteiger partial charge on any atom is 0.138 e. The lowest BCUT2D eigenvalue weighted by Gasteiger charge is -2.14. The minimum atomic E-state index is 0.427.